The SMILES string of the molecule is NCC1(C(=O)N2CC[C@@H](O)C2)CCCCC1. The van der Waals surface area contributed by atoms with Crippen LogP contribution in [0, 0.1) is 5.41 Å². The zero-order valence-electron chi connectivity index (χ0n) is 9.82. The lowest BCUT2D eigenvalue weighted by atomic mass is 9.73. The van der Waals surface area contributed by atoms with Crippen molar-refractivity contribution in [2.45, 2.75) is 44.6 Å². The van der Waals surface area contributed by atoms with Crippen molar-refractivity contribution in [2.75, 3.05) is 19.6 Å². The molecule has 1 amide bonds. The average Bonchev–Trinajstić information content (AvgIpc) is 2.76. The number of rotatable bonds is 2. The fourth-order valence-corrected chi connectivity index (χ4v) is 3.00. The summed E-state index contributed by atoms with van der Waals surface area (Å²) >= 11 is 0. The molecule has 0 radical (unpaired) electrons. The van der Waals surface area contributed by atoms with Crippen molar-refractivity contribution in [3.8, 4) is 0 Å². The molecule has 1 aliphatic heterocycles. The van der Waals surface area contributed by atoms with Gasteiger partial charge in [0.2, 0.25) is 5.91 Å². The maximum atomic E-state index is 12.4. The fraction of sp³-hybridized carbons (Fsp3) is 0.917. The molecule has 0 unspecified atom stereocenters. The number of likely N-dealkylation sites (tertiary alicyclic amines) is 1. The monoisotopic (exact) mass is 226 g/mol. The Hall–Kier alpha value is -0.610. The van der Waals surface area contributed by atoms with Crippen LogP contribution in [0.2, 0.25) is 0 Å². The molecular weight excluding hydrogens is 204 g/mol. The van der Waals surface area contributed by atoms with Crippen LogP contribution in [0.1, 0.15) is 38.5 Å². The zero-order chi connectivity index (χ0) is 11.6. The normalized spacial score (nSPS) is 29.4. The van der Waals surface area contributed by atoms with Gasteiger partial charge in [0, 0.05) is 19.6 Å². The molecule has 0 aromatic carbocycles. The van der Waals surface area contributed by atoms with Crippen LogP contribution in [0.25, 0.3) is 0 Å². The van der Waals surface area contributed by atoms with Crippen LogP contribution in [0.3, 0.4) is 0 Å². The molecule has 92 valence electrons. The first-order valence-electron chi connectivity index (χ1n) is 6.35. The van der Waals surface area contributed by atoms with Crippen molar-refractivity contribution in [3.05, 3.63) is 0 Å². The lowest BCUT2D eigenvalue weighted by molar-refractivity contribution is -0.142. The van der Waals surface area contributed by atoms with Gasteiger partial charge in [-0.2, -0.15) is 0 Å². The number of β-amino-alcohol motifs (C(OH)–C–C–N with tert-alkyl or cyclic N) is 1. The number of hydrogen-bond acceptors (Lipinski definition) is 3. The summed E-state index contributed by atoms with van der Waals surface area (Å²) in [6, 6.07) is 0. The number of nitrogens with two attached hydrogens (primary N) is 1. The molecule has 0 aromatic heterocycles. The summed E-state index contributed by atoms with van der Waals surface area (Å²) in [5, 5.41) is 9.48. The average molecular weight is 226 g/mol. The topological polar surface area (TPSA) is 66.6 Å². The Kier molecular flexibility index (Phi) is 3.50. The van der Waals surface area contributed by atoms with Gasteiger partial charge in [0.1, 0.15) is 0 Å². The molecule has 4 heteroatoms. The molecular formula is C12H22N2O2. The second-order valence-corrected chi connectivity index (χ2v) is 5.24. The Bertz CT molecular complexity index is 262. The lowest BCUT2D eigenvalue weighted by Gasteiger charge is -2.37. The quantitative estimate of drug-likeness (QED) is 0.720. The number of aliphatic hydroxyl groups excluding tert-OH is 1. The van der Waals surface area contributed by atoms with Crippen molar-refractivity contribution in [3.63, 3.8) is 0 Å². The third-order valence-corrected chi connectivity index (χ3v) is 4.11. The van der Waals surface area contributed by atoms with Crippen molar-refractivity contribution in [2.24, 2.45) is 11.1 Å². The third-order valence-electron chi connectivity index (χ3n) is 4.11. The maximum absolute atomic E-state index is 12.4. The zero-order valence-corrected chi connectivity index (χ0v) is 9.82. The van der Waals surface area contributed by atoms with Gasteiger partial charge in [-0.1, -0.05) is 19.3 Å². The third kappa shape index (κ3) is 2.09. The van der Waals surface area contributed by atoms with E-state index in [9.17, 15) is 9.90 Å². The van der Waals surface area contributed by atoms with Gasteiger partial charge in [0.15, 0.2) is 0 Å². The molecule has 2 fully saturated rings. The molecule has 16 heavy (non-hydrogen) atoms. The summed E-state index contributed by atoms with van der Waals surface area (Å²) in [4.78, 5) is 14.2. The van der Waals surface area contributed by atoms with E-state index in [1.807, 2.05) is 4.90 Å². The number of nitrogens with zero attached hydrogens (tertiary/aromatic N) is 1. The Morgan fingerprint density at radius 2 is 2.06 bits per heavy atom. The van der Waals surface area contributed by atoms with Crippen LogP contribution in [0.5, 0.6) is 0 Å². The highest BCUT2D eigenvalue weighted by Crippen LogP contribution is 2.37. The van der Waals surface area contributed by atoms with Crippen LogP contribution < -0.4 is 5.73 Å². The second-order valence-electron chi connectivity index (χ2n) is 5.24. The lowest BCUT2D eigenvalue weighted by Crippen LogP contribution is -2.48. The van der Waals surface area contributed by atoms with Crippen molar-refractivity contribution in [1.29, 1.82) is 0 Å². The van der Waals surface area contributed by atoms with Gasteiger partial charge < -0.3 is 15.7 Å². The van der Waals surface area contributed by atoms with E-state index >= 15 is 0 Å². The molecule has 1 saturated carbocycles. The molecule has 1 aliphatic carbocycles. The van der Waals surface area contributed by atoms with Crippen LogP contribution in [0.15, 0.2) is 0 Å². The second kappa shape index (κ2) is 4.72. The summed E-state index contributed by atoms with van der Waals surface area (Å²) in [6.07, 6.45) is 5.68. The minimum absolute atomic E-state index is 0.186. The van der Waals surface area contributed by atoms with Gasteiger partial charge in [-0.15, -0.1) is 0 Å². The highest BCUT2D eigenvalue weighted by molar-refractivity contribution is 5.83. The summed E-state index contributed by atoms with van der Waals surface area (Å²) in [7, 11) is 0. The molecule has 3 N–H and O–H groups in total. The number of carbonyl (C=O) groups excluding carboxylic acids is 1. The van der Waals surface area contributed by atoms with Crippen molar-refractivity contribution >= 4 is 5.91 Å². The van der Waals surface area contributed by atoms with Crippen molar-refractivity contribution < 1.29 is 9.90 Å². The first-order valence-corrected chi connectivity index (χ1v) is 6.35. The molecule has 2 aliphatic rings. The van der Waals surface area contributed by atoms with Crippen LogP contribution in [0.4, 0.5) is 0 Å². The van der Waals surface area contributed by atoms with Gasteiger partial charge in [0.25, 0.3) is 0 Å². The first kappa shape index (κ1) is 11.9. The smallest absolute Gasteiger partial charge is 0.230 e. The van der Waals surface area contributed by atoms with E-state index in [2.05, 4.69) is 0 Å². The largest absolute Gasteiger partial charge is 0.391 e. The summed E-state index contributed by atoms with van der Waals surface area (Å²) in [5.41, 5.74) is 5.51. The van der Waals surface area contributed by atoms with E-state index in [1.54, 1.807) is 0 Å². The predicted octanol–water partition coefficient (Wildman–Crippen LogP) is 0.489. The number of amides is 1. The standard InChI is InChI=1S/C12H22N2O2/c13-9-12(5-2-1-3-6-12)11(16)14-7-4-10(15)8-14/h10,15H,1-9,13H2/t10-/m1/s1. The molecule has 1 atom stereocenters. The van der Waals surface area contributed by atoms with Gasteiger partial charge in [0.05, 0.1) is 11.5 Å². The van der Waals surface area contributed by atoms with Gasteiger partial charge >= 0.3 is 0 Å². The first-order chi connectivity index (χ1) is 7.68. The summed E-state index contributed by atoms with van der Waals surface area (Å²) < 4.78 is 0. The minimum Gasteiger partial charge on any atom is -0.391 e. The fourth-order valence-electron chi connectivity index (χ4n) is 3.00. The Balaban J connectivity index is 2.05. The Labute approximate surface area is 96.8 Å². The van der Waals surface area contributed by atoms with Crippen molar-refractivity contribution in [1.82, 2.24) is 4.90 Å². The van der Waals surface area contributed by atoms with Gasteiger partial charge in [-0.05, 0) is 19.3 Å². The van der Waals surface area contributed by atoms with Crippen LogP contribution >= 0.6 is 0 Å². The van der Waals surface area contributed by atoms with Gasteiger partial charge in [-0.25, -0.2) is 0 Å². The summed E-state index contributed by atoms with van der Waals surface area (Å²) in [6.45, 7) is 1.65. The molecule has 0 aromatic rings. The highest BCUT2D eigenvalue weighted by Gasteiger charge is 2.42. The maximum Gasteiger partial charge on any atom is 0.230 e. The van der Waals surface area contributed by atoms with E-state index in [0.717, 1.165) is 25.7 Å². The molecule has 4 nitrogen and oxygen atoms in total. The van der Waals surface area contributed by atoms with E-state index in [4.69, 9.17) is 5.73 Å². The molecule has 0 bridgehead atoms. The van der Waals surface area contributed by atoms with E-state index in [1.165, 1.54) is 6.42 Å². The number of carbonyl (C=O) groups is 1. The van der Waals surface area contributed by atoms with E-state index in [0.29, 0.717) is 26.1 Å². The van der Waals surface area contributed by atoms with E-state index < -0.39 is 0 Å². The Morgan fingerprint density at radius 1 is 1.38 bits per heavy atom. The van der Waals surface area contributed by atoms with Crippen LogP contribution in [-0.4, -0.2) is 41.7 Å². The van der Waals surface area contributed by atoms with Gasteiger partial charge in [-0.3, -0.25) is 4.79 Å². The molecule has 2 rings (SSSR count). The highest BCUT2D eigenvalue weighted by atomic mass is 16.3. The number of hydrogen-bond donors (Lipinski definition) is 2. The molecule has 0 spiro atoms. The predicted molar refractivity (Wildman–Crippen MR) is 61.8 cm³/mol. The van der Waals surface area contributed by atoms with E-state index in [-0.39, 0.29) is 17.4 Å². The molecule has 1 heterocycles. The number of aliphatic hydroxyl groups is 1. The van der Waals surface area contributed by atoms with Crippen LogP contribution in [-0.2, 0) is 4.79 Å². The minimum atomic E-state index is -0.331. The molecule has 1 saturated heterocycles. The summed E-state index contributed by atoms with van der Waals surface area (Å²) in [5.74, 6) is 0.186. The Morgan fingerprint density at radius 3 is 2.56 bits per heavy atom.